The molecule has 4 aromatic rings. The van der Waals surface area contributed by atoms with Crippen molar-refractivity contribution in [2.45, 2.75) is 19.0 Å². The van der Waals surface area contributed by atoms with Crippen LogP contribution >= 0.6 is 11.8 Å². The van der Waals surface area contributed by atoms with Crippen molar-refractivity contribution in [3.8, 4) is 23.0 Å². The zero-order chi connectivity index (χ0) is 20.2. The molecule has 2 aromatic heterocycles. The highest BCUT2D eigenvalue weighted by Crippen LogP contribution is 2.25. The zero-order valence-electron chi connectivity index (χ0n) is 16.3. The van der Waals surface area contributed by atoms with E-state index >= 15 is 0 Å². The van der Waals surface area contributed by atoms with Gasteiger partial charge < -0.3 is 10.1 Å². The maximum absolute atomic E-state index is 5.80. The van der Waals surface area contributed by atoms with E-state index in [1.165, 1.54) is 22.9 Å². The lowest BCUT2D eigenvalue weighted by Crippen LogP contribution is -1.93. The van der Waals surface area contributed by atoms with E-state index in [9.17, 15) is 0 Å². The molecule has 0 aliphatic heterocycles. The van der Waals surface area contributed by atoms with E-state index in [1.807, 2.05) is 30.5 Å². The van der Waals surface area contributed by atoms with Crippen LogP contribution in [0.4, 0.5) is 11.6 Å². The summed E-state index contributed by atoms with van der Waals surface area (Å²) in [5.74, 6) is 2.40. The van der Waals surface area contributed by atoms with Crippen molar-refractivity contribution in [1.29, 1.82) is 0 Å². The first-order valence-corrected chi connectivity index (χ1v) is 10.2. The third-order valence-corrected chi connectivity index (χ3v) is 4.67. The molecule has 0 spiro atoms. The maximum Gasteiger partial charge on any atom is 0.246 e. The van der Waals surface area contributed by atoms with E-state index in [1.54, 1.807) is 12.3 Å². The van der Waals surface area contributed by atoms with E-state index in [4.69, 9.17) is 4.74 Å². The van der Waals surface area contributed by atoms with Crippen LogP contribution < -0.4 is 10.1 Å². The van der Waals surface area contributed by atoms with Crippen LogP contribution in [0.15, 0.2) is 59.9 Å². The van der Waals surface area contributed by atoms with E-state index < -0.39 is 0 Å². The van der Waals surface area contributed by atoms with E-state index in [2.05, 4.69) is 62.5 Å². The van der Waals surface area contributed by atoms with Gasteiger partial charge in [-0.05, 0) is 67.6 Å². The molecule has 0 fully saturated rings. The van der Waals surface area contributed by atoms with E-state index in [0.29, 0.717) is 28.6 Å². The summed E-state index contributed by atoms with van der Waals surface area (Å²) in [4.78, 5) is 13.0. The van der Waals surface area contributed by atoms with Gasteiger partial charge >= 0.3 is 0 Å². The average Bonchev–Trinajstić information content (AvgIpc) is 3.16. The summed E-state index contributed by atoms with van der Waals surface area (Å²) in [6, 6.07) is 15.6. The first-order valence-electron chi connectivity index (χ1n) is 9.02. The number of ether oxygens (including phenoxy) is 1. The summed E-state index contributed by atoms with van der Waals surface area (Å²) < 4.78 is 5.80. The van der Waals surface area contributed by atoms with Crippen LogP contribution in [-0.2, 0) is 0 Å². The second-order valence-electron chi connectivity index (χ2n) is 6.52. The van der Waals surface area contributed by atoms with Gasteiger partial charge in [-0.3, -0.25) is 5.10 Å². The van der Waals surface area contributed by atoms with Crippen molar-refractivity contribution in [2.24, 2.45) is 0 Å². The second kappa shape index (κ2) is 8.32. The molecule has 0 aliphatic rings. The quantitative estimate of drug-likeness (QED) is 0.340. The average molecular weight is 404 g/mol. The number of hydrogen-bond donors (Lipinski definition) is 2. The molecule has 0 radical (unpaired) electrons. The van der Waals surface area contributed by atoms with Crippen LogP contribution in [0.1, 0.15) is 11.1 Å². The summed E-state index contributed by atoms with van der Waals surface area (Å²) >= 11 is 1.47. The standard InChI is InChI=1S/C21H20N6OS/c1-13-10-14(2)12-16(11-13)23-20-25-19(26-27-20)15-4-6-17(7-5-15)28-18-8-9-22-21(24-18)29-3/h4-12H,1-3H3,(H2,23,25,26,27). The zero-order valence-corrected chi connectivity index (χ0v) is 17.1. The Morgan fingerprint density at radius 1 is 0.966 bits per heavy atom. The van der Waals surface area contributed by atoms with Crippen molar-refractivity contribution >= 4 is 23.4 Å². The molecule has 0 saturated heterocycles. The Labute approximate surface area is 173 Å². The Kier molecular flexibility index (Phi) is 5.44. The fraction of sp³-hybridized carbons (Fsp3) is 0.143. The van der Waals surface area contributed by atoms with Gasteiger partial charge in [0.2, 0.25) is 11.8 Å². The fourth-order valence-corrected chi connectivity index (χ4v) is 3.25. The summed E-state index contributed by atoms with van der Waals surface area (Å²) in [6.07, 6.45) is 3.61. The first kappa shape index (κ1) is 18.9. The highest BCUT2D eigenvalue weighted by atomic mass is 32.2. The smallest absolute Gasteiger partial charge is 0.246 e. The summed E-state index contributed by atoms with van der Waals surface area (Å²) in [7, 11) is 0. The molecule has 0 aliphatic carbocycles. The number of nitrogens with one attached hydrogen (secondary N) is 2. The van der Waals surface area contributed by atoms with E-state index in [0.717, 1.165) is 11.3 Å². The molecule has 2 N–H and O–H groups in total. The molecule has 0 unspecified atom stereocenters. The number of benzene rings is 2. The normalized spacial score (nSPS) is 10.7. The maximum atomic E-state index is 5.80. The van der Waals surface area contributed by atoms with Crippen LogP contribution in [0.5, 0.6) is 11.6 Å². The van der Waals surface area contributed by atoms with Crippen LogP contribution in [0.3, 0.4) is 0 Å². The van der Waals surface area contributed by atoms with Crippen LogP contribution in [0.2, 0.25) is 0 Å². The van der Waals surface area contributed by atoms with Crippen molar-refractivity contribution in [2.75, 3.05) is 11.6 Å². The van der Waals surface area contributed by atoms with Crippen LogP contribution in [0, 0.1) is 13.8 Å². The molecule has 2 aromatic carbocycles. The van der Waals surface area contributed by atoms with Gasteiger partial charge in [-0.1, -0.05) is 17.8 Å². The molecule has 7 nitrogen and oxygen atoms in total. The van der Waals surface area contributed by atoms with Gasteiger partial charge in [-0.15, -0.1) is 5.10 Å². The Hall–Kier alpha value is -3.39. The SMILES string of the molecule is CSc1nccc(Oc2ccc(-c3nc(Nc4cc(C)cc(C)c4)n[nH]3)cc2)n1. The number of anilines is 2. The largest absolute Gasteiger partial charge is 0.439 e. The monoisotopic (exact) mass is 404 g/mol. The van der Waals surface area contributed by atoms with Gasteiger partial charge in [-0.25, -0.2) is 4.98 Å². The lowest BCUT2D eigenvalue weighted by Gasteiger charge is -2.06. The van der Waals surface area contributed by atoms with Gasteiger partial charge in [-0.2, -0.15) is 9.97 Å². The first-order chi connectivity index (χ1) is 14.1. The highest BCUT2D eigenvalue weighted by Gasteiger charge is 2.08. The minimum Gasteiger partial charge on any atom is -0.439 e. The minimum atomic E-state index is 0.511. The molecule has 0 bridgehead atoms. The van der Waals surface area contributed by atoms with Gasteiger partial charge in [0.25, 0.3) is 0 Å². The van der Waals surface area contributed by atoms with Gasteiger partial charge in [0.05, 0.1) is 0 Å². The van der Waals surface area contributed by atoms with Crippen molar-refractivity contribution in [1.82, 2.24) is 25.1 Å². The summed E-state index contributed by atoms with van der Waals surface area (Å²) in [6.45, 7) is 4.13. The van der Waals surface area contributed by atoms with Crippen molar-refractivity contribution in [3.05, 3.63) is 65.9 Å². The third kappa shape index (κ3) is 4.72. The molecular formula is C21H20N6OS. The molecule has 0 saturated carbocycles. The Morgan fingerprint density at radius 3 is 2.45 bits per heavy atom. The van der Waals surface area contributed by atoms with Gasteiger partial charge in [0.1, 0.15) is 5.75 Å². The number of aromatic amines is 1. The predicted octanol–water partition coefficient (Wildman–Crippen LogP) is 5.14. The second-order valence-corrected chi connectivity index (χ2v) is 7.29. The molecular weight excluding hydrogens is 384 g/mol. The number of aryl methyl sites for hydroxylation is 2. The Balaban J connectivity index is 1.46. The van der Waals surface area contributed by atoms with Gasteiger partial charge in [0.15, 0.2) is 11.0 Å². The number of nitrogens with zero attached hydrogens (tertiary/aromatic N) is 4. The molecule has 4 rings (SSSR count). The van der Waals surface area contributed by atoms with E-state index in [-0.39, 0.29) is 0 Å². The molecule has 146 valence electrons. The number of aromatic nitrogens is 5. The Morgan fingerprint density at radius 2 is 1.72 bits per heavy atom. The molecule has 2 heterocycles. The number of H-pyrrole nitrogens is 1. The molecule has 8 heteroatoms. The lowest BCUT2D eigenvalue weighted by molar-refractivity contribution is 0.455. The molecule has 29 heavy (non-hydrogen) atoms. The number of rotatable bonds is 6. The van der Waals surface area contributed by atoms with Crippen molar-refractivity contribution < 1.29 is 4.74 Å². The number of thioether (sulfide) groups is 1. The minimum absolute atomic E-state index is 0.511. The molecule has 0 amide bonds. The Bertz CT molecular complexity index is 1110. The highest BCUT2D eigenvalue weighted by molar-refractivity contribution is 7.98. The van der Waals surface area contributed by atoms with Crippen molar-refractivity contribution in [3.63, 3.8) is 0 Å². The topological polar surface area (TPSA) is 88.6 Å². The van der Waals surface area contributed by atoms with Crippen LogP contribution in [-0.4, -0.2) is 31.4 Å². The summed E-state index contributed by atoms with van der Waals surface area (Å²) in [5.41, 5.74) is 4.25. The predicted molar refractivity (Wildman–Crippen MR) is 115 cm³/mol. The molecule has 0 atom stereocenters. The number of hydrogen-bond acceptors (Lipinski definition) is 7. The van der Waals surface area contributed by atoms with Crippen LogP contribution in [0.25, 0.3) is 11.4 Å². The third-order valence-electron chi connectivity index (χ3n) is 4.10. The lowest BCUT2D eigenvalue weighted by atomic mass is 10.1. The summed E-state index contributed by atoms with van der Waals surface area (Å²) in [5, 5.41) is 11.1. The fourth-order valence-electron chi connectivity index (χ4n) is 2.90. The van der Waals surface area contributed by atoms with Gasteiger partial charge in [0, 0.05) is 23.5 Å².